The molecule has 9 heteroatoms. The van der Waals surface area contributed by atoms with E-state index in [-0.39, 0.29) is 12.2 Å². The minimum absolute atomic E-state index is 0.174. The molecule has 2 rings (SSSR count). The maximum Gasteiger partial charge on any atom is 0.320 e. The number of benzene rings is 2. The van der Waals surface area contributed by atoms with Gasteiger partial charge in [-0.3, -0.25) is 19.2 Å². The third-order valence-corrected chi connectivity index (χ3v) is 4.77. The number of nitro groups is 1. The summed E-state index contributed by atoms with van der Waals surface area (Å²) in [6, 6.07) is 13.7. The number of hydrogen-bond acceptors (Lipinski definition) is 5. The summed E-state index contributed by atoms with van der Waals surface area (Å²) in [6.45, 7) is -0.207. The highest BCUT2D eigenvalue weighted by molar-refractivity contribution is 7.93. The first-order valence-electron chi connectivity index (χ1n) is 6.81. The molecule has 0 aliphatic heterocycles. The van der Waals surface area contributed by atoms with Crippen LogP contribution < -0.4 is 4.31 Å². The van der Waals surface area contributed by atoms with Gasteiger partial charge in [0, 0.05) is 6.07 Å². The summed E-state index contributed by atoms with van der Waals surface area (Å²) >= 11 is 0. The van der Waals surface area contributed by atoms with Gasteiger partial charge in [-0.25, -0.2) is 8.42 Å². The first-order chi connectivity index (χ1) is 11.3. The van der Waals surface area contributed by atoms with E-state index in [4.69, 9.17) is 5.11 Å². The van der Waals surface area contributed by atoms with Gasteiger partial charge in [0.1, 0.15) is 5.69 Å². The molecule has 1 N–H and O–H groups in total. The van der Waals surface area contributed by atoms with Gasteiger partial charge in [0.2, 0.25) is 10.0 Å². The smallest absolute Gasteiger partial charge is 0.320 e. The number of rotatable bonds is 7. The Balaban J connectivity index is 2.55. The molecule has 0 fully saturated rings. The van der Waals surface area contributed by atoms with Crippen molar-refractivity contribution in [3.8, 4) is 0 Å². The van der Waals surface area contributed by atoms with Gasteiger partial charge in [-0.1, -0.05) is 42.5 Å². The Bertz CT molecular complexity index is 851. The van der Waals surface area contributed by atoms with Gasteiger partial charge in [0.25, 0.3) is 5.69 Å². The van der Waals surface area contributed by atoms with E-state index in [9.17, 15) is 23.3 Å². The second-order valence-corrected chi connectivity index (χ2v) is 6.78. The highest BCUT2D eigenvalue weighted by atomic mass is 32.2. The molecule has 24 heavy (non-hydrogen) atoms. The van der Waals surface area contributed by atoms with Crippen molar-refractivity contribution in [3.63, 3.8) is 0 Å². The fourth-order valence-electron chi connectivity index (χ4n) is 2.15. The van der Waals surface area contributed by atoms with Crippen LogP contribution in [0.5, 0.6) is 0 Å². The van der Waals surface area contributed by atoms with E-state index in [1.165, 1.54) is 24.3 Å². The molecule has 0 bridgehead atoms. The molecule has 0 spiro atoms. The van der Waals surface area contributed by atoms with Crippen LogP contribution in [0, 0.1) is 10.1 Å². The summed E-state index contributed by atoms with van der Waals surface area (Å²) in [5, 5.41) is 20.0. The zero-order valence-electron chi connectivity index (χ0n) is 12.4. The number of carboxylic acid groups (broad SMARTS) is 1. The van der Waals surface area contributed by atoms with Gasteiger partial charge < -0.3 is 5.11 Å². The third-order valence-electron chi connectivity index (χ3n) is 3.16. The molecule has 0 aromatic heterocycles. The van der Waals surface area contributed by atoms with E-state index < -0.39 is 32.4 Å². The van der Waals surface area contributed by atoms with Gasteiger partial charge >= 0.3 is 5.97 Å². The number of carbonyl (C=O) groups is 1. The summed E-state index contributed by atoms with van der Waals surface area (Å²) in [7, 11) is -4.30. The molecular formula is C15H14N2O6S. The predicted octanol–water partition coefficient (Wildman–Crippen LogP) is 2.02. The second kappa shape index (κ2) is 7.09. The molecule has 0 aliphatic carbocycles. The van der Waals surface area contributed by atoms with Crippen LogP contribution in [0.4, 0.5) is 11.4 Å². The largest absolute Gasteiger partial charge is 0.480 e. The average molecular weight is 350 g/mol. The number of hydrogen-bond donors (Lipinski definition) is 1. The van der Waals surface area contributed by atoms with Crippen molar-refractivity contribution in [2.24, 2.45) is 0 Å². The van der Waals surface area contributed by atoms with Crippen molar-refractivity contribution in [3.05, 3.63) is 70.3 Å². The highest BCUT2D eigenvalue weighted by Crippen LogP contribution is 2.31. The Morgan fingerprint density at radius 1 is 1.08 bits per heavy atom. The maximum absolute atomic E-state index is 12.4. The minimum Gasteiger partial charge on any atom is -0.480 e. The monoisotopic (exact) mass is 350 g/mol. The normalized spacial score (nSPS) is 11.0. The fourth-order valence-corrected chi connectivity index (χ4v) is 3.41. The molecule has 0 heterocycles. The molecule has 0 aliphatic rings. The zero-order valence-corrected chi connectivity index (χ0v) is 13.2. The first-order valence-corrected chi connectivity index (χ1v) is 8.42. The summed E-state index contributed by atoms with van der Waals surface area (Å²) in [4.78, 5) is 21.4. The Morgan fingerprint density at radius 2 is 1.67 bits per heavy atom. The number of nitro benzene ring substituents is 1. The average Bonchev–Trinajstić information content (AvgIpc) is 2.52. The molecule has 2 aromatic carbocycles. The van der Waals surface area contributed by atoms with E-state index in [1.807, 2.05) is 0 Å². The fraction of sp³-hybridized carbons (Fsp3) is 0.133. The number of nitrogens with zero attached hydrogens (tertiary/aromatic N) is 2. The number of anilines is 1. The topological polar surface area (TPSA) is 118 Å². The van der Waals surface area contributed by atoms with Crippen LogP contribution >= 0.6 is 0 Å². The van der Waals surface area contributed by atoms with Crippen LogP contribution in [0.1, 0.15) is 5.56 Å². The molecule has 0 atom stereocenters. The maximum atomic E-state index is 12.4. The van der Waals surface area contributed by atoms with Crippen LogP contribution in [0.2, 0.25) is 0 Å². The Morgan fingerprint density at radius 3 is 2.25 bits per heavy atom. The van der Waals surface area contributed by atoms with Crippen molar-refractivity contribution >= 4 is 27.4 Å². The highest BCUT2D eigenvalue weighted by Gasteiger charge is 2.30. The van der Waals surface area contributed by atoms with Crippen LogP contribution in [0.25, 0.3) is 0 Å². The summed E-state index contributed by atoms with van der Waals surface area (Å²) in [6.07, 6.45) is 0. The van der Waals surface area contributed by atoms with Crippen molar-refractivity contribution in [1.82, 2.24) is 0 Å². The standard InChI is InChI=1S/C15H14N2O6S/c18-15(19)11-24(22,23)16(10-12-6-2-1-3-7-12)13-8-4-5-9-14(13)17(20)21/h1-9H,10-11H2,(H,18,19). The zero-order chi connectivity index (χ0) is 17.7. The number of para-hydroxylation sites is 2. The Labute approximate surface area is 138 Å². The molecule has 126 valence electrons. The van der Waals surface area contributed by atoms with Gasteiger partial charge in [0.15, 0.2) is 5.75 Å². The summed E-state index contributed by atoms with van der Waals surface area (Å²) < 4.78 is 25.6. The lowest BCUT2D eigenvalue weighted by Crippen LogP contribution is -2.35. The lowest BCUT2D eigenvalue weighted by atomic mass is 10.2. The molecule has 2 aromatic rings. The molecule has 8 nitrogen and oxygen atoms in total. The first kappa shape index (κ1) is 17.4. The Kier molecular flexibility index (Phi) is 5.14. The SMILES string of the molecule is O=C(O)CS(=O)(=O)N(Cc1ccccc1)c1ccccc1[N+](=O)[O-]. The molecule has 0 amide bonds. The van der Waals surface area contributed by atoms with Gasteiger partial charge in [-0.15, -0.1) is 0 Å². The van der Waals surface area contributed by atoms with E-state index in [2.05, 4.69) is 0 Å². The predicted molar refractivity (Wildman–Crippen MR) is 87.1 cm³/mol. The van der Waals surface area contributed by atoms with Crippen LogP contribution in [-0.2, 0) is 21.4 Å². The minimum atomic E-state index is -4.30. The van der Waals surface area contributed by atoms with Gasteiger partial charge in [-0.2, -0.15) is 0 Å². The van der Waals surface area contributed by atoms with Crippen molar-refractivity contribution in [2.75, 3.05) is 10.1 Å². The lowest BCUT2D eigenvalue weighted by molar-refractivity contribution is -0.384. The van der Waals surface area contributed by atoms with E-state index in [0.717, 1.165) is 4.31 Å². The number of carboxylic acids is 1. The van der Waals surface area contributed by atoms with Crippen molar-refractivity contribution in [1.29, 1.82) is 0 Å². The third kappa shape index (κ3) is 4.07. The molecule has 0 saturated carbocycles. The summed E-state index contributed by atoms with van der Waals surface area (Å²) in [5.74, 6) is -2.70. The van der Waals surface area contributed by atoms with E-state index in [1.54, 1.807) is 30.3 Å². The lowest BCUT2D eigenvalue weighted by Gasteiger charge is -2.23. The van der Waals surface area contributed by atoms with Gasteiger partial charge in [0.05, 0.1) is 11.5 Å². The van der Waals surface area contributed by atoms with Crippen LogP contribution in [-0.4, -0.2) is 30.2 Å². The second-order valence-electron chi connectivity index (χ2n) is 4.89. The van der Waals surface area contributed by atoms with E-state index in [0.29, 0.717) is 5.56 Å². The van der Waals surface area contributed by atoms with Gasteiger partial charge in [-0.05, 0) is 11.6 Å². The molecular weight excluding hydrogens is 336 g/mol. The van der Waals surface area contributed by atoms with Crippen LogP contribution in [0.15, 0.2) is 54.6 Å². The van der Waals surface area contributed by atoms with E-state index >= 15 is 0 Å². The quantitative estimate of drug-likeness (QED) is 0.603. The van der Waals surface area contributed by atoms with Crippen LogP contribution in [0.3, 0.4) is 0 Å². The number of aliphatic carboxylic acids is 1. The Hall–Kier alpha value is -2.94. The molecule has 0 radical (unpaired) electrons. The number of sulfonamides is 1. The summed E-state index contributed by atoms with van der Waals surface area (Å²) in [5.41, 5.74) is -0.0142. The van der Waals surface area contributed by atoms with Crippen molar-refractivity contribution < 1.29 is 23.2 Å². The molecule has 0 unspecified atom stereocenters. The van der Waals surface area contributed by atoms with Crippen molar-refractivity contribution in [2.45, 2.75) is 6.54 Å². The molecule has 0 saturated heterocycles.